The van der Waals surface area contributed by atoms with E-state index in [1.807, 2.05) is 6.07 Å². The molecule has 0 aliphatic carbocycles. The van der Waals surface area contributed by atoms with Gasteiger partial charge in [0.1, 0.15) is 6.04 Å². The highest BCUT2D eigenvalue weighted by Gasteiger charge is 2.29. The lowest BCUT2D eigenvalue weighted by molar-refractivity contribution is -0.385. The van der Waals surface area contributed by atoms with E-state index < -0.39 is 0 Å². The van der Waals surface area contributed by atoms with E-state index in [1.165, 1.54) is 0 Å². The van der Waals surface area contributed by atoms with Crippen molar-refractivity contribution in [3.63, 3.8) is 0 Å². The van der Waals surface area contributed by atoms with Crippen LogP contribution >= 0.6 is 0 Å². The Morgan fingerprint density at radius 2 is 2.26 bits per heavy atom. The second-order valence-corrected chi connectivity index (χ2v) is 5.62. The van der Waals surface area contributed by atoms with Crippen LogP contribution in [0.3, 0.4) is 0 Å². The molecule has 0 saturated carbocycles. The van der Waals surface area contributed by atoms with Crippen LogP contribution in [0.2, 0.25) is 0 Å². The number of nitro groups is 1. The summed E-state index contributed by atoms with van der Waals surface area (Å²) in [4.78, 5) is 17.2. The summed E-state index contributed by atoms with van der Waals surface area (Å²) >= 11 is 0. The monoisotopic (exact) mass is 318 g/mol. The van der Waals surface area contributed by atoms with E-state index in [4.69, 9.17) is 9.26 Å². The number of nitrogens with zero attached hydrogens (tertiary/aromatic N) is 4. The minimum atomic E-state index is -0.350. The quantitative estimate of drug-likeness (QED) is 0.629. The van der Waals surface area contributed by atoms with Gasteiger partial charge in [-0.2, -0.15) is 4.98 Å². The second kappa shape index (κ2) is 6.43. The lowest BCUT2D eigenvalue weighted by Gasteiger charge is -2.33. The van der Waals surface area contributed by atoms with E-state index in [2.05, 4.69) is 15.0 Å². The van der Waals surface area contributed by atoms with Crippen LogP contribution in [0.15, 0.2) is 22.7 Å². The van der Waals surface area contributed by atoms with Gasteiger partial charge >= 0.3 is 0 Å². The van der Waals surface area contributed by atoms with Crippen LogP contribution in [0.5, 0.6) is 0 Å². The largest absolute Gasteiger partial charge is 0.378 e. The van der Waals surface area contributed by atoms with E-state index in [-0.39, 0.29) is 16.7 Å². The zero-order valence-electron chi connectivity index (χ0n) is 13.1. The molecule has 0 radical (unpaired) electrons. The van der Waals surface area contributed by atoms with Gasteiger partial charge in [0.2, 0.25) is 5.89 Å². The number of benzene rings is 1. The number of hydrogen-bond acceptors (Lipinski definition) is 7. The highest BCUT2D eigenvalue weighted by molar-refractivity contribution is 5.42. The average Bonchev–Trinajstić information content (AvgIpc) is 2.96. The molecule has 1 saturated heterocycles. The third kappa shape index (κ3) is 3.38. The fraction of sp³-hybridized carbons (Fsp3) is 0.467. The van der Waals surface area contributed by atoms with Crippen molar-refractivity contribution in [3.05, 3.63) is 51.2 Å². The summed E-state index contributed by atoms with van der Waals surface area (Å²) in [5.74, 6) is 1.10. The Morgan fingerprint density at radius 1 is 1.43 bits per heavy atom. The zero-order chi connectivity index (χ0) is 16.4. The summed E-state index contributed by atoms with van der Waals surface area (Å²) in [6, 6.07) is 5.18. The van der Waals surface area contributed by atoms with Crippen LogP contribution in [-0.4, -0.2) is 39.7 Å². The maximum absolute atomic E-state index is 11.1. The van der Waals surface area contributed by atoms with E-state index in [9.17, 15) is 10.1 Å². The molecule has 1 atom stereocenters. The van der Waals surface area contributed by atoms with Crippen molar-refractivity contribution in [1.29, 1.82) is 0 Å². The molecule has 0 bridgehead atoms. The first-order valence-corrected chi connectivity index (χ1v) is 7.40. The number of rotatable bonds is 4. The van der Waals surface area contributed by atoms with Crippen molar-refractivity contribution in [1.82, 2.24) is 15.0 Å². The lowest BCUT2D eigenvalue weighted by Crippen LogP contribution is -2.39. The molecule has 2 heterocycles. The van der Waals surface area contributed by atoms with E-state index in [0.717, 1.165) is 5.56 Å². The third-order valence-electron chi connectivity index (χ3n) is 3.92. The van der Waals surface area contributed by atoms with Gasteiger partial charge in [0.15, 0.2) is 5.82 Å². The van der Waals surface area contributed by atoms with Crippen molar-refractivity contribution in [2.24, 2.45) is 0 Å². The van der Waals surface area contributed by atoms with Gasteiger partial charge in [-0.25, -0.2) is 0 Å². The smallest absolute Gasteiger partial charge is 0.272 e. The number of hydrogen-bond donors (Lipinski definition) is 0. The van der Waals surface area contributed by atoms with Crippen molar-refractivity contribution in [2.75, 3.05) is 19.8 Å². The van der Waals surface area contributed by atoms with E-state index in [1.54, 1.807) is 26.0 Å². The molecular weight excluding hydrogens is 300 g/mol. The predicted octanol–water partition coefficient (Wildman–Crippen LogP) is 2.17. The maximum atomic E-state index is 11.1. The Bertz CT molecular complexity index is 715. The summed E-state index contributed by atoms with van der Waals surface area (Å²) in [6.45, 7) is 5.85. The van der Waals surface area contributed by atoms with E-state index in [0.29, 0.717) is 43.6 Å². The lowest BCUT2D eigenvalue weighted by atomic mass is 10.1. The van der Waals surface area contributed by atoms with Gasteiger partial charge < -0.3 is 9.26 Å². The second-order valence-electron chi connectivity index (χ2n) is 5.62. The summed E-state index contributed by atoms with van der Waals surface area (Å²) in [5, 5.41) is 14.9. The summed E-state index contributed by atoms with van der Waals surface area (Å²) in [7, 11) is 0. The third-order valence-corrected chi connectivity index (χ3v) is 3.92. The highest BCUT2D eigenvalue weighted by atomic mass is 16.6. The van der Waals surface area contributed by atoms with Crippen LogP contribution in [0.1, 0.15) is 28.9 Å². The van der Waals surface area contributed by atoms with Crippen LogP contribution in [0.4, 0.5) is 5.69 Å². The van der Waals surface area contributed by atoms with Crippen molar-refractivity contribution in [2.45, 2.75) is 26.4 Å². The molecule has 3 rings (SSSR count). The first kappa shape index (κ1) is 15.6. The standard InChI is InChI=1S/C15H18N4O4/c1-10-3-4-12(7-13(10)19(20)21)8-18-5-6-22-9-14(18)15-16-11(2)17-23-15/h3-4,7,14H,5-6,8-9H2,1-2H3/t14-/m0/s1. The molecule has 122 valence electrons. The minimum absolute atomic E-state index is 0.134. The van der Waals surface area contributed by atoms with Gasteiger partial charge in [0.05, 0.1) is 18.1 Å². The van der Waals surface area contributed by atoms with Gasteiger partial charge in [0, 0.05) is 24.7 Å². The van der Waals surface area contributed by atoms with Crippen LogP contribution in [0, 0.1) is 24.0 Å². The first-order valence-electron chi connectivity index (χ1n) is 7.40. The van der Waals surface area contributed by atoms with Gasteiger partial charge in [-0.15, -0.1) is 0 Å². The highest BCUT2D eigenvalue weighted by Crippen LogP contribution is 2.26. The van der Waals surface area contributed by atoms with Crippen LogP contribution in [0.25, 0.3) is 0 Å². The summed E-state index contributed by atoms with van der Waals surface area (Å²) in [5.41, 5.74) is 1.68. The van der Waals surface area contributed by atoms with Crippen molar-refractivity contribution < 1.29 is 14.2 Å². The van der Waals surface area contributed by atoms with Gasteiger partial charge in [0.25, 0.3) is 5.69 Å². The molecule has 0 unspecified atom stereocenters. The Kier molecular flexibility index (Phi) is 4.35. The Labute approximate surface area is 133 Å². The SMILES string of the molecule is Cc1noc([C@@H]2COCCN2Cc2ccc(C)c([N+](=O)[O-])c2)n1. The molecule has 0 spiro atoms. The summed E-state index contributed by atoms with van der Waals surface area (Å²) < 4.78 is 10.8. The molecule has 1 aliphatic heterocycles. The van der Waals surface area contributed by atoms with Gasteiger partial charge in [-0.1, -0.05) is 17.3 Å². The fourth-order valence-electron chi connectivity index (χ4n) is 2.69. The molecule has 1 fully saturated rings. The molecule has 0 amide bonds. The Balaban J connectivity index is 1.82. The normalized spacial score (nSPS) is 19.0. The maximum Gasteiger partial charge on any atom is 0.272 e. The van der Waals surface area contributed by atoms with Crippen LogP contribution in [-0.2, 0) is 11.3 Å². The molecule has 23 heavy (non-hydrogen) atoms. The molecular formula is C15H18N4O4. The number of aryl methyl sites for hydroxylation is 2. The van der Waals surface area contributed by atoms with Crippen molar-refractivity contribution >= 4 is 5.69 Å². The Morgan fingerprint density at radius 3 is 2.96 bits per heavy atom. The molecule has 1 aromatic heterocycles. The molecule has 2 aromatic rings. The number of morpholine rings is 1. The molecule has 1 aromatic carbocycles. The fourth-order valence-corrected chi connectivity index (χ4v) is 2.69. The molecule has 1 aliphatic rings. The molecule has 8 heteroatoms. The van der Waals surface area contributed by atoms with Crippen molar-refractivity contribution in [3.8, 4) is 0 Å². The van der Waals surface area contributed by atoms with Gasteiger partial charge in [-0.05, 0) is 19.4 Å². The molecule has 8 nitrogen and oxygen atoms in total. The number of nitro benzene ring substituents is 1. The van der Waals surface area contributed by atoms with Gasteiger partial charge in [-0.3, -0.25) is 15.0 Å². The number of ether oxygens (including phenoxy) is 1. The predicted molar refractivity (Wildman–Crippen MR) is 80.8 cm³/mol. The Hall–Kier alpha value is -2.32. The number of aromatic nitrogens is 2. The minimum Gasteiger partial charge on any atom is -0.378 e. The first-order chi connectivity index (χ1) is 11.0. The van der Waals surface area contributed by atoms with E-state index >= 15 is 0 Å². The topological polar surface area (TPSA) is 94.5 Å². The zero-order valence-corrected chi connectivity index (χ0v) is 13.1. The average molecular weight is 318 g/mol. The summed E-state index contributed by atoms with van der Waals surface area (Å²) in [6.07, 6.45) is 0. The van der Waals surface area contributed by atoms with Crippen LogP contribution < -0.4 is 0 Å². The molecule has 0 N–H and O–H groups in total.